The van der Waals surface area contributed by atoms with E-state index in [0.29, 0.717) is 27.6 Å². The van der Waals surface area contributed by atoms with Gasteiger partial charge in [0.2, 0.25) is 0 Å². The molecular formula is C15H10Cl2F2N2. The number of hydrogen-bond donors (Lipinski definition) is 0. The molecule has 21 heavy (non-hydrogen) atoms. The maximum atomic E-state index is 13.5. The van der Waals surface area contributed by atoms with Crippen LogP contribution in [0.2, 0.25) is 5.02 Å². The van der Waals surface area contributed by atoms with Gasteiger partial charge < -0.3 is 0 Å². The first-order valence-electron chi connectivity index (χ1n) is 6.25. The Morgan fingerprint density at radius 1 is 1.14 bits per heavy atom. The lowest BCUT2D eigenvalue weighted by Crippen LogP contribution is -2.03. The Balaban J connectivity index is 2.41. The summed E-state index contributed by atoms with van der Waals surface area (Å²) in [6.07, 6.45) is 0. The lowest BCUT2D eigenvalue weighted by atomic mass is 10.2. The highest BCUT2D eigenvalue weighted by atomic mass is 35.5. The highest BCUT2D eigenvalue weighted by Gasteiger charge is 2.19. The summed E-state index contributed by atoms with van der Waals surface area (Å²) in [6, 6.07) is 8.48. The second-order valence-electron chi connectivity index (χ2n) is 4.66. The van der Waals surface area contributed by atoms with Crippen LogP contribution in [0, 0.1) is 11.6 Å². The van der Waals surface area contributed by atoms with Gasteiger partial charge in [0.15, 0.2) is 0 Å². The molecule has 0 fully saturated rings. The van der Waals surface area contributed by atoms with Crippen LogP contribution in [0.25, 0.3) is 16.7 Å². The second kappa shape index (κ2) is 5.28. The summed E-state index contributed by atoms with van der Waals surface area (Å²) in [6.45, 7) is 1.74. The van der Waals surface area contributed by atoms with Gasteiger partial charge in [-0.15, -0.1) is 11.6 Å². The van der Waals surface area contributed by atoms with Crippen LogP contribution in [0.1, 0.15) is 18.1 Å². The van der Waals surface area contributed by atoms with E-state index in [2.05, 4.69) is 4.98 Å². The number of nitrogens with zero attached hydrogens (tertiary/aromatic N) is 2. The molecule has 0 radical (unpaired) electrons. The van der Waals surface area contributed by atoms with Crippen molar-refractivity contribution in [2.45, 2.75) is 12.3 Å². The van der Waals surface area contributed by atoms with Crippen LogP contribution < -0.4 is 0 Å². The Bertz CT molecular complexity index is 808. The highest BCUT2D eigenvalue weighted by Crippen LogP contribution is 2.32. The lowest BCUT2D eigenvalue weighted by Gasteiger charge is -2.11. The number of imidazole rings is 1. The maximum Gasteiger partial charge on any atom is 0.132 e. The van der Waals surface area contributed by atoms with E-state index in [1.807, 2.05) is 0 Å². The minimum Gasteiger partial charge on any atom is -0.293 e. The van der Waals surface area contributed by atoms with E-state index in [-0.39, 0.29) is 0 Å². The summed E-state index contributed by atoms with van der Waals surface area (Å²) < 4.78 is 28.6. The summed E-state index contributed by atoms with van der Waals surface area (Å²) in [5.41, 5.74) is 1.49. The Morgan fingerprint density at radius 2 is 1.81 bits per heavy atom. The van der Waals surface area contributed by atoms with Crippen molar-refractivity contribution in [1.82, 2.24) is 9.55 Å². The molecule has 0 bridgehead atoms. The zero-order chi connectivity index (χ0) is 15.1. The van der Waals surface area contributed by atoms with Gasteiger partial charge in [0.1, 0.15) is 17.5 Å². The number of rotatable bonds is 2. The minimum absolute atomic E-state index is 0.297. The van der Waals surface area contributed by atoms with Gasteiger partial charge >= 0.3 is 0 Å². The quantitative estimate of drug-likeness (QED) is 0.587. The van der Waals surface area contributed by atoms with Crippen molar-refractivity contribution in [3.05, 3.63) is 58.9 Å². The average Bonchev–Trinajstić information content (AvgIpc) is 2.78. The first-order valence-corrected chi connectivity index (χ1v) is 7.06. The van der Waals surface area contributed by atoms with Crippen molar-refractivity contribution in [3.63, 3.8) is 0 Å². The van der Waals surface area contributed by atoms with Crippen LogP contribution in [0.4, 0.5) is 8.78 Å². The van der Waals surface area contributed by atoms with Crippen molar-refractivity contribution < 1.29 is 8.78 Å². The fourth-order valence-electron chi connectivity index (χ4n) is 2.30. The van der Waals surface area contributed by atoms with Gasteiger partial charge in [0.25, 0.3) is 0 Å². The number of para-hydroxylation sites is 1. The van der Waals surface area contributed by atoms with Crippen LogP contribution in [-0.2, 0) is 0 Å². The number of halogens is 4. The summed E-state index contributed by atoms with van der Waals surface area (Å²) in [4.78, 5) is 4.41. The third-order valence-electron chi connectivity index (χ3n) is 3.11. The number of benzene rings is 2. The van der Waals surface area contributed by atoms with E-state index in [4.69, 9.17) is 23.2 Å². The molecule has 2 aromatic carbocycles. The Labute approximate surface area is 129 Å². The number of alkyl halides is 1. The molecule has 1 heterocycles. The largest absolute Gasteiger partial charge is 0.293 e. The second-order valence-corrected chi connectivity index (χ2v) is 5.72. The fourth-order valence-corrected chi connectivity index (χ4v) is 2.70. The summed E-state index contributed by atoms with van der Waals surface area (Å²) in [5, 5.41) is -0.00645. The number of fused-ring (bicyclic) bond motifs is 1. The van der Waals surface area contributed by atoms with Crippen molar-refractivity contribution >= 4 is 34.2 Å². The van der Waals surface area contributed by atoms with Gasteiger partial charge in [-0.05, 0) is 31.2 Å². The van der Waals surface area contributed by atoms with Gasteiger partial charge in [-0.25, -0.2) is 13.8 Å². The molecule has 6 heteroatoms. The fraction of sp³-hybridized carbons (Fsp3) is 0.133. The number of hydrogen-bond acceptors (Lipinski definition) is 1. The Hall–Kier alpha value is -1.65. The first kappa shape index (κ1) is 14.3. The van der Waals surface area contributed by atoms with Crippen molar-refractivity contribution in [3.8, 4) is 5.69 Å². The van der Waals surface area contributed by atoms with Gasteiger partial charge in [0.05, 0.1) is 27.1 Å². The van der Waals surface area contributed by atoms with Crippen LogP contribution >= 0.6 is 23.2 Å². The molecule has 1 unspecified atom stereocenters. The summed E-state index contributed by atoms with van der Waals surface area (Å²) >= 11 is 12.4. The van der Waals surface area contributed by atoms with Gasteiger partial charge in [-0.2, -0.15) is 0 Å². The topological polar surface area (TPSA) is 17.8 Å². The molecule has 0 N–H and O–H groups in total. The zero-order valence-electron chi connectivity index (χ0n) is 10.9. The third-order valence-corrected chi connectivity index (χ3v) is 3.61. The van der Waals surface area contributed by atoms with E-state index < -0.39 is 17.0 Å². The first-order chi connectivity index (χ1) is 9.97. The smallest absolute Gasteiger partial charge is 0.132 e. The predicted octanol–water partition coefficient (Wildman–Crippen LogP) is 5.26. The molecule has 0 spiro atoms. The molecule has 0 aliphatic carbocycles. The molecule has 0 saturated heterocycles. The monoisotopic (exact) mass is 326 g/mol. The molecule has 0 aliphatic heterocycles. The number of aromatic nitrogens is 2. The van der Waals surface area contributed by atoms with Gasteiger partial charge in [0, 0.05) is 6.07 Å². The molecule has 3 rings (SSSR count). The Kier molecular flexibility index (Phi) is 3.59. The maximum absolute atomic E-state index is 13.5. The van der Waals surface area contributed by atoms with Gasteiger partial charge in [-0.1, -0.05) is 17.7 Å². The SMILES string of the molecule is CC(Cl)c1nc2cccc(Cl)c2n1-c1cc(F)cc(F)c1. The normalized spacial score (nSPS) is 12.8. The molecular weight excluding hydrogens is 317 g/mol. The predicted molar refractivity (Wildman–Crippen MR) is 80.3 cm³/mol. The molecule has 2 nitrogen and oxygen atoms in total. The van der Waals surface area contributed by atoms with Crippen molar-refractivity contribution in [1.29, 1.82) is 0 Å². The van der Waals surface area contributed by atoms with E-state index in [1.165, 1.54) is 12.1 Å². The Morgan fingerprint density at radius 3 is 2.43 bits per heavy atom. The minimum atomic E-state index is -0.674. The third kappa shape index (κ3) is 2.49. The van der Waals surface area contributed by atoms with Crippen molar-refractivity contribution in [2.24, 2.45) is 0 Å². The molecule has 1 atom stereocenters. The van der Waals surface area contributed by atoms with Crippen LogP contribution in [0.3, 0.4) is 0 Å². The van der Waals surface area contributed by atoms with Crippen LogP contribution in [-0.4, -0.2) is 9.55 Å². The molecule has 0 aliphatic rings. The molecule has 3 aromatic rings. The van der Waals surface area contributed by atoms with Crippen molar-refractivity contribution in [2.75, 3.05) is 0 Å². The zero-order valence-corrected chi connectivity index (χ0v) is 12.5. The van der Waals surface area contributed by atoms with E-state index in [1.54, 1.807) is 29.7 Å². The van der Waals surface area contributed by atoms with E-state index in [9.17, 15) is 8.78 Å². The molecule has 0 amide bonds. The molecule has 1 aromatic heterocycles. The average molecular weight is 327 g/mol. The molecule has 108 valence electrons. The summed E-state index contributed by atoms with van der Waals surface area (Å²) in [7, 11) is 0. The van der Waals surface area contributed by atoms with Crippen LogP contribution in [0.5, 0.6) is 0 Å². The van der Waals surface area contributed by atoms with E-state index >= 15 is 0 Å². The highest BCUT2D eigenvalue weighted by molar-refractivity contribution is 6.35. The standard InChI is InChI=1S/C15H10Cl2F2N2/c1-8(16)15-20-13-4-2-3-12(17)14(13)21(15)11-6-9(18)5-10(19)7-11/h2-8H,1H3. The van der Waals surface area contributed by atoms with Crippen LogP contribution in [0.15, 0.2) is 36.4 Å². The summed E-state index contributed by atoms with van der Waals surface area (Å²) in [5.74, 6) is -0.871. The molecule has 0 saturated carbocycles. The lowest BCUT2D eigenvalue weighted by molar-refractivity contribution is 0.581. The van der Waals surface area contributed by atoms with Gasteiger partial charge in [-0.3, -0.25) is 4.57 Å². The van der Waals surface area contributed by atoms with E-state index in [0.717, 1.165) is 6.07 Å².